The number of aromatic nitrogens is 4. The lowest BCUT2D eigenvalue weighted by molar-refractivity contribution is -0.144. The minimum Gasteiger partial charge on any atom is -0.378 e. The molecule has 0 aliphatic carbocycles. The number of ether oxygens (including phenoxy) is 1. The number of aromatic amines is 1. The summed E-state index contributed by atoms with van der Waals surface area (Å²) in [4.78, 5) is 18.6. The van der Waals surface area contributed by atoms with Crippen LogP contribution in [0, 0.1) is 11.6 Å². The van der Waals surface area contributed by atoms with Gasteiger partial charge < -0.3 is 9.64 Å². The number of nitrogens with zero attached hydrogens (tertiary/aromatic N) is 4. The Bertz CT molecular complexity index is 1070. The fourth-order valence-electron chi connectivity index (χ4n) is 2.89. The minimum absolute atomic E-state index is 0.191. The Kier molecular flexibility index (Phi) is 3.61. The Balaban J connectivity index is 2.06. The summed E-state index contributed by atoms with van der Waals surface area (Å²) in [5.74, 6) is -4.32. The summed E-state index contributed by atoms with van der Waals surface area (Å²) in [6, 6.07) is 0.774. The highest BCUT2D eigenvalue weighted by molar-refractivity contribution is 5.84. The zero-order chi connectivity index (χ0) is 18.6. The summed E-state index contributed by atoms with van der Waals surface area (Å²) in [6.45, 7) is 0.861. The number of hydrogen-bond acceptors (Lipinski definition) is 5. The van der Waals surface area contributed by atoms with E-state index in [4.69, 9.17) is 4.74 Å². The first-order chi connectivity index (χ1) is 12.3. The van der Waals surface area contributed by atoms with Crippen LogP contribution >= 0.6 is 0 Å². The maximum atomic E-state index is 15.1. The van der Waals surface area contributed by atoms with Crippen molar-refractivity contribution >= 4 is 22.4 Å². The van der Waals surface area contributed by atoms with E-state index in [9.17, 15) is 22.4 Å². The summed E-state index contributed by atoms with van der Waals surface area (Å²) in [6.07, 6.45) is -4.89. The van der Waals surface area contributed by atoms with Gasteiger partial charge in [-0.25, -0.2) is 8.78 Å². The Morgan fingerprint density at radius 2 is 1.88 bits per heavy atom. The van der Waals surface area contributed by atoms with Crippen molar-refractivity contribution in [3.8, 4) is 0 Å². The summed E-state index contributed by atoms with van der Waals surface area (Å²) < 4.78 is 73.7. The molecule has 0 saturated carbocycles. The topological polar surface area (TPSA) is 75.5 Å². The number of alkyl halides is 3. The van der Waals surface area contributed by atoms with Gasteiger partial charge in [0.2, 0.25) is 5.78 Å². The van der Waals surface area contributed by atoms with E-state index in [0.717, 1.165) is 6.07 Å². The summed E-state index contributed by atoms with van der Waals surface area (Å²) in [7, 11) is 0. The number of hydrogen-bond donors (Lipinski definition) is 1. The number of benzene rings is 1. The number of anilines is 1. The number of morpholine rings is 1. The first kappa shape index (κ1) is 16.7. The molecular weight excluding hydrogens is 365 g/mol. The molecule has 1 aliphatic rings. The molecule has 138 valence electrons. The molecule has 0 unspecified atom stereocenters. The van der Waals surface area contributed by atoms with E-state index in [1.54, 1.807) is 0 Å². The van der Waals surface area contributed by atoms with Gasteiger partial charge in [-0.1, -0.05) is 0 Å². The zero-order valence-electron chi connectivity index (χ0n) is 12.9. The molecule has 0 spiro atoms. The average molecular weight is 375 g/mol. The predicted molar refractivity (Wildman–Crippen MR) is 79.1 cm³/mol. The normalized spacial score (nSPS) is 16.0. The van der Waals surface area contributed by atoms with Gasteiger partial charge in [0.25, 0.3) is 11.4 Å². The van der Waals surface area contributed by atoms with Crippen LogP contribution in [-0.4, -0.2) is 45.9 Å². The van der Waals surface area contributed by atoms with Crippen LogP contribution in [0.5, 0.6) is 0 Å². The lowest BCUT2D eigenvalue weighted by Crippen LogP contribution is -2.37. The van der Waals surface area contributed by atoms with Gasteiger partial charge >= 0.3 is 6.18 Å². The summed E-state index contributed by atoms with van der Waals surface area (Å²) in [5, 5.41) is 2.77. The molecule has 0 amide bonds. The molecule has 0 atom stereocenters. The lowest BCUT2D eigenvalue weighted by atomic mass is 10.1. The van der Waals surface area contributed by atoms with Crippen molar-refractivity contribution in [2.75, 3.05) is 31.2 Å². The molecule has 2 aromatic heterocycles. The Morgan fingerprint density at radius 1 is 1.19 bits per heavy atom. The Morgan fingerprint density at radius 3 is 2.54 bits per heavy atom. The first-order valence-electron chi connectivity index (χ1n) is 7.48. The number of nitrogens with one attached hydrogen (secondary N) is 1. The van der Waals surface area contributed by atoms with Crippen molar-refractivity contribution in [2.24, 2.45) is 0 Å². The molecule has 0 radical (unpaired) electrons. The van der Waals surface area contributed by atoms with Crippen LogP contribution in [-0.2, 0) is 10.9 Å². The second-order valence-electron chi connectivity index (χ2n) is 5.64. The molecule has 1 aliphatic heterocycles. The smallest absolute Gasteiger partial charge is 0.378 e. The van der Waals surface area contributed by atoms with Gasteiger partial charge in [-0.05, 0) is 6.07 Å². The standard InChI is InChI=1S/C14H10F5N5O2/c15-7-5-6-9(8(16)10(7)23-1-3-26-4-2-23)24-13(20-11(6)25)21-12(22-24)14(17,18)19/h5H,1-4H2,(H,20,21,22,25). The van der Waals surface area contributed by atoms with Gasteiger partial charge in [0.15, 0.2) is 5.82 Å². The molecular formula is C14H10F5N5O2. The van der Waals surface area contributed by atoms with Crippen LogP contribution in [0.2, 0.25) is 0 Å². The third kappa shape index (κ3) is 2.48. The number of rotatable bonds is 1. The molecule has 1 aromatic carbocycles. The Labute approximate surface area is 141 Å². The second kappa shape index (κ2) is 5.62. The summed E-state index contributed by atoms with van der Waals surface area (Å²) in [5.41, 5.74) is -1.99. The molecule has 0 bridgehead atoms. The van der Waals surface area contributed by atoms with Crippen molar-refractivity contribution in [3.05, 3.63) is 33.9 Å². The van der Waals surface area contributed by atoms with Gasteiger partial charge in [-0.15, -0.1) is 5.10 Å². The van der Waals surface area contributed by atoms with Crippen molar-refractivity contribution in [1.29, 1.82) is 0 Å². The van der Waals surface area contributed by atoms with Gasteiger partial charge in [-0.2, -0.15) is 22.7 Å². The van der Waals surface area contributed by atoms with Crippen LogP contribution in [0.15, 0.2) is 10.9 Å². The number of fused-ring (bicyclic) bond motifs is 3. The van der Waals surface area contributed by atoms with Crippen molar-refractivity contribution < 1.29 is 26.7 Å². The monoisotopic (exact) mass is 375 g/mol. The average Bonchev–Trinajstić information content (AvgIpc) is 3.00. The van der Waals surface area contributed by atoms with Gasteiger partial charge in [0, 0.05) is 13.1 Å². The fourth-order valence-corrected chi connectivity index (χ4v) is 2.89. The second-order valence-corrected chi connectivity index (χ2v) is 5.64. The van der Waals surface area contributed by atoms with E-state index in [-0.39, 0.29) is 26.3 Å². The highest BCUT2D eigenvalue weighted by Gasteiger charge is 2.37. The summed E-state index contributed by atoms with van der Waals surface area (Å²) >= 11 is 0. The number of H-pyrrole nitrogens is 1. The van der Waals surface area contributed by atoms with Gasteiger partial charge in [0.1, 0.15) is 17.0 Å². The fraction of sp³-hybridized carbons (Fsp3) is 0.357. The van der Waals surface area contributed by atoms with E-state index in [0.29, 0.717) is 4.52 Å². The van der Waals surface area contributed by atoms with E-state index in [1.165, 1.54) is 4.90 Å². The molecule has 1 fully saturated rings. The van der Waals surface area contributed by atoms with Crippen molar-refractivity contribution in [3.63, 3.8) is 0 Å². The minimum atomic E-state index is -4.89. The molecule has 12 heteroatoms. The molecule has 3 aromatic rings. The SMILES string of the molecule is O=c1[nH]c2nc(C(F)(F)F)nn2c2c(F)c(N3CCOCC3)c(F)cc12. The first-order valence-corrected chi connectivity index (χ1v) is 7.48. The van der Waals surface area contributed by atoms with Gasteiger partial charge in [0.05, 0.1) is 18.6 Å². The van der Waals surface area contributed by atoms with Crippen molar-refractivity contribution in [2.45, 2.75) is 6.18 Å². The van der Waals surface area contributed by atoms with Crippen LogP contribution in [0.25, 0.3) is 16.7 Å². The largest absolute Gasteiger partial charge is 0.453 e. The van der Waals surface area contributed by atoms with Crippen molar-refractivity contribution in [1.82, 2.24) is 19.6 Å². The zero-order valence-corrected chi connectivity index (χ0v) is 12.9. The van der Waals surface area contributed by atoms with Gasteiger partial charge in [-0.3, -0.25) is 9.78 Å². The predicted octanol–water partition coefficient (Wildman–Crippen LogP) is 1.70. The van der Waals surface area contributed by atoms with Crippen LogP contribution in [0.3, 0.4) is 0 Å². The maximum Gasteiger partial charge on any atom is 0.453 e. The third-order valence-electron chi connectivity index (χ3n) is 4.04. The molecule has 3 heterocycles. The molecule has 26 heavy (non-hydrogen) atoms. The molecule has 1 N–H and O–H groups in total. The highest BCUT2D eigenvalue weighted by atomic mass is 19.4. The van der Waals surface area contributed by atoms with Crippen LogP contribution in [0.1, 0.15) is 5.82 Å². The number of halogens is 5. The molecule has 1 saturated heterocycles. The van der Waals surface area contributed by atoms with E-state index in [1.807, 2.05) is 4.98 Å². The lowest BCUT2D eigenvalue weighted by Gasteiger charge is -2.29. The maximum absolute atomic E-state index is 15.1. The van der Waals surface area contributed by atoms with Crippen LogP contribution in [0.4, 0.5) is 27.6 Å². The molecule has 4 rings (SSSR count). The highest BCUT2D eigenvalue weighted by Crippen LogP contribution is 2.31. The third-order valence-corrected chi connectivity index (χ3v) is 4.04. The van der Waals surface area contributed by atoms with E-state index in [2.05, 4.69) is 10.1 Å². The Hall–Kier alpha value is -2.76. The molecule has 7 nitrogen and oxygen atoms in total. The van der Waals surface area contributed by atoms with E-state index >= 15 is 4.39 Å². The quantitative estimate of drug-likeness (QED) is 0.656. The van der Waals surface area contributed by atoms with E-state index < -0.39 is 51.6 Å². The van der Waals surface area contributed by atoms with Crippen LogP contribution < -0.4 is 10.5 Å².